The average molecular weight is 443 g/mol. The zero-order valence-electron chi connectivity index (χ0n) is 17.3. The van der Waals surface area contributed by atoms with Gasteiger partial charge in [-0.1, -0.05) is 30.4 Å². The highest BCUT2D eigenvalue weighted by molar-refractivity contribution is 7.99. The third kappa shape index (κ3) is 4.63. The molecule has 0 radical (unpaired) electrons. The summed E-state index contributed by atoms with van der Waals surface area (Å²) in [6.45, 7) is 5.91. The maximum Gasteiger partial charge on any atom is 0.260 e. The van der Waals surface area contributed by atoms with Gasteiger partial charge in [0.05, 0.1) is 24.0 Å². The molecular formula is C23H26N2O3S2. The molecule has 3 aromatic rings. The summed E-state index contributed by atoms with van der Waals surface area (Å²) in [6, 6.07) is 13.7. The van der Waals surface area contributed by atoms with Crippen LogP contribution in [0.5, 0.6) is 5.75 Å². The van der Waals surface area contributed by atoms with E-state index in [9.17, 15) is 4.79 Å². The van der Waals surface area contributed by atoms with Gasteiger partial charge >= 0.3 is 0 Å². The monoisotopic (exact) mass is 442 g/mol. The minimum Gasteiger partial charge on any atom is -0.492 e. The van der Waals surface area contributed by atoms with Gasteiger partial charge in [-0.2, -0.15) is 0 Å². The lowest BCUT2D eigenvalue weighted by Crippen LogP contribution is -2.37. The molecule has 2 aromatic carbocycles. The Morgan fingerprint density at radius 3 is 2.93 bits per heavy atom. The molecule has 0 aliphatic carbocycles. The van der Waals surface area contributed by atoms with Gasteiger partial charge in [0.15, 0.2) is 5.13 Å². The zero-order chi connectivity index (χ0) is 20.9. The van der Waals surface area contributed by atoms with Crippen molar-refractivity contribution >= 4 is 44.4 Å². The minimum absolute atomic E-state index is 0.0407. The van der Waals surface area contributed by atoms with E-state index in [4.69, 9.17) is 14.5 Å². The number of hydrogen-bond acceptors (Lipinski definition) is 6. The topological polar surface area (TPSA) is 51.7 Å². The van der Waals surface area contributed by atoms with Crippen LogP contribution in [0.3, 0.4) is 0 Å². The van der Waals surface area contributed by atoms with E-state index < -0.39 is 0 Å². The summed E-state index contributed by atoms with van der Waals surface area (Å²) in [4.78, 5) is 21.3. The first-order chi connectivity index (χ1) is 14.7. The summed E-state index contributed by atoms with van der Waals surface area (Å²) < 4.78 is 12.6. The van der Waals surface area contributed by atoms with Crippen molar-refractivity contribution in [1.82, 2.24) is 4.98 Å². The van der Waals surface area contributed by atoms with Crippen LogP contribution in [0.25, 0.3) is 10.2 Å². The van der Waals surface area contributed by atoms with E-state index in [-0.39, 0.29) is 12.0 Å². The van der Waals surface area contributed by atoms with Gasteiger partial charge in [-0.05, 0) is 55.9 Å². The molecule has 1 unspecified atom stereocenters. The third-order valence-electron chi connectivity index (χ3n) is 4.95. The molecule has 0 bridgehead atoms. The Morgan fingerprint density at radius 1 is 1.30 bits per heavy atom. The Kier molecular flexibility index (Phi) is 6.92. The molecular weight excluding hydrogens is 416 g/mol. The number of hydrogen-bond donors (Lipinski definition) is 0. The van der Waals surface area contributed by atoms with E-state index in [1.54, 1.807) is 16.7 Å². The van der Waals surface area contributed by atoms with Gasteiger partial charge in [-0.3, -0.25) is 9.69 Å². The lowest BCUT2D eigenvalue weighted by Gasteiger charge is -2.23. The third-order valence-corrected chi connectivity index (χ3v) is 6.87. The second-order valence-corrected chi connectivity index (χ2v) is 9.39. The van der Waals surface area contributed by atoms with Crippen LogP contribution in [-0.4, -0.2) is 42.5 Å². The second-order valence-electron chi connectivity index (χ2n) is 7.04. The quantitative estimate of drug-likeness (QED) is 0.423. The van der Waals surface area contributed by atoms with Crippen LogP contribution in [0, 0.1) is 0 Å². The van der Waals surface area contributed by atoms with Gasteiger partial charge in [-0.25, -0.2) is 4.98 Å². The molecule has 1 atom stereocenters. The number of carbonyl (C=O) groups excluding carboxylic acids is 1. The number of carbonyl (C=O) groups is 1. The molecule has 1 amide bonds. The Balaban J connectivity index is 1.71. The van der Waals surface area contributed by atoms with Crippen LogP contribution in [0.4, 0.5) is 5.13 Å². The van der Waals surface area contributed by atoms with Crippen molar-refractivity contribution in [3.8, 4) is 5.75 Å². The second kappa shape index (κ2) is 9.81. The Bertz CT molecular complexity index is 1010. The van der Waals surface area contributed by atoms with Crippen molar-refractivity contribution in [2.24, 2.45) is 0 Å². The van der Waals surface area contributed by atoms with E-state index in [0.29, 0.717) is 23.8 Å². The molecule has 1 aliphatic heterocycles. The molecule has 0 N–H and O–H groups in total. The van der Waals surface area contributed by atoms with Crippen LogP contribution < -0.4 is 9.64 Å². The number of para-hydroxylation sites is 1. The lowest BCUT2D eigenvalue weighted by molar-refractivity contribution is 0.0917. The van der Waals surface area contributed by atoms with E-state index >= 15 is 0 Å². The molecule has 0 spiro atoms. The van der Waals surface area contributed by atoms with Crippen LogP contribution in [0.2, 0.25) is 0 Å². The molecule has 5 nitrogen and oxygen atoms in total. The average Bonchev–Trinajstić information content (AvgIpc) is 3.42. The fraction of sp³-hybridized carbons (Fsp3) is 0.391. The van der Waals surface area contributed by atoms with E-state index in [1.165, 1.54) is 11.3 Å². The Morgan fingerprint density at radius 2 is 2.17 bits per heavy atom. The van der Waals surface area contributed by atoms with Crippen LogP contribution in [0.15, 0.2) is 47.4 Å². The van der Waals surface area contributed by atoms with Gasteiger partial charge in [0, 0.05) is 17.1 Å². The van der Waals surface area contributed by atoms with E-state index in [1.807, 2.05) is 49.4 Å². The maximum absolute atomic E-state index is 13.6. The summed E-state index contributed by atoms with van der Waals surface area (Å²) >= 11 is 3.25. The highest BCUT2D eigenvalue weighted by atomic mass is 32.2. The first kappa shape index (κ1) is 21.2. The van der Waals surface area contributed by atoms with E-state index in [0.717, 1.165) is 46.1 Å². The van der Waals surface area contributed by atoms with Crippen LogP contribution >= 0.6 is 23.1 Å². The van der Waals surface area contributed by atoms with Gasteiger partial charge in [0.2, 0.25) is 0 Å². The van der Waals surface area contributed by atoms with Crippen molar-refractivity contribution in [3.63, 3.8) is 0 Å². The largest absolute Gasteiger partial charge is 0.492 e. The number of benzene rings is 2. The number of nitrogens with zero attached hydrogens (tertiary/aromatic N) is 2. The number of anilines is 1. The lowest BCUT2D eigenvalue weighted by atomic mass is 10.2. The van der Waals surface area contributed by atoms with Crippen molar-refractivity contribution in [1.29, 1.82) is 0 Å². The van der Waals surface area contributed by atoms with Crippen molar-refractivity contribution in [3.05, 3.63) is 48.0 Å². The summed E-state index contributed by atoms with van der Waals surface area (Å²) in [6.07, 6.45) is 2.04. The van der Waals surface area contributed by atoms with Gasteiger partial charge in [0.25, 0.3) is 5.91 Å². The highest BCUT2D eigenvalue weighted by Crippen LogP contribution is 2.35. The number of aromatic nitrogens is 1. The molecule has 7 heteroatoms. The SMILES string of the molecule is CCOc1cccc2sc(N(CC3CCCO3)C(=O)c3cccc(SCC)c3)nc12. The standard InChI is InChI=1S/C23H26N2O3S2/c1-3-27-19-11-6-12-20-21(19)24-23(30-20)25(15-17-9-7-13-28-17)22(26)16-8-5-10-18(14-16)29-4-2/h5-6,8,10-12,14,17H,3-4,7,9,13,15H2,1-2H3. The molecule has 1 saturated heterocycles. The van der Waals surface area contributed by atoms with Crippen molar-refractivity contribution in [2.75, 3.05) is 30.4 Å². The first-order valence-corrected chi connectivity index (χ1v) is 12.2. The van der Waals surface area contributed by atoms with Crippen LogP contribution in [0.1, 0.15) is 37.0 Å². The zero-order valence-corrected chi connectivity index (χ0v) is 18.9. The predicted octanol–water partition coefficient (Wildman–Crippen LogP) is 5.63. The summed E-state index contributed by atoms with van der Waals surface area (Å²) in [5.74, 6) is 1.68. The summed E-state index contributed by atoms with van der Waals surface area (Å²) in [7, 11) is 0. The van der Waals surface area contributed by atoms with Gasteiger partial charge < -0.3 is 9.47 Å². The maximum atomic E-state index is 13.6. The Labute approximate surface area is 185 Å². The normalized spacial score (nSPS) is 16.1. The molecule has 1 aliphatic rings. The number of thioether (sulfide) groups is 1. The summed E-state index contributed by atoms with van der Waals surface area (Å²) in [5, 5.41) is 0.686. The Hall–Kier alpha value is -2.09. The molecule has 158 valence electrons. The molecule has 4 rings (SSSR count). The predicted molar refractivity (Wildman–Crippen MR) is 124 cm³/mol. The minimum atomic E-state index is -0.0407. The highest BCUT2D eigenvalue weighted by Gasteiger charge is 2.27. The van der Waals surface area contributed by atoms with Crippen molar-refractivity contribution < 1.29 is 14.3 Å². The summed E-state index contributed by atoms with van der Waals surface area (Å²) in [5.41, 5.74) is 1.48. The number of rotatable bonds is 8. The number of fused-ring (bicyclic) bond motifs is 1. The van der Waals surface area contributed by atoms with Gasteiger partial charge in [-0.15, -0.1) is 11.8 Å². The molecule has 1 fully saturated rings. The molecule has 0 saturated carbocycles. The van der Waals surface area contributed by atoms with Crippen molar-refractivity contribution in [2.45, 2.75) is 37.7 Å². The molecule has 30 heavy (non-hydrogen) atoms. The van der Waals surface area contributed by atoms with E-state index in [2.05, 4.69) is 6.92 Å². The first-order valence-electron chi connectivity index (χ1n) is 10.4. The fourth-order valence-electron chi connectivity index (χ4n) is 3.58. The fourth-order valence-corrected chi connectivity index (χ4v) is 5.29. The number of ether oxygens (including phenoxy) is 2. The smallest absolute Gasteiger partial charge is 0.260 e. The number of thiazole rings is 1. The van der Waals surface area contributed by atoms with Gasteiger partial charge in [0.1, 0.15) is 11.3 Å². The van der Waals surface area contributed by atoms with Crippen LogP contribution in [-0.2, 0) is 4.74 Å². The molecule has 2 heterocycles. The number of amides is 1. The molecule has 1 aromatic heterocycles.